The van der Waals surface area contributed by atoms with Crippen LogP contribution in [-0.4, -0.2) is 53.5 Å². The van der Waals surface area contributed by atoms with Gasteiger partial charge in [0.1, 0.15) is 0 Å². The fourth-order valence-electron chi connectivity index (χ4n) is 4.00. The molecular formula is C24H47N3O2. The Kier molecular flexibility index (Phi) is 15.1. The summed E-state index contributed by atoms with van der Waals surface area (Å²) in [6.07, 6.45) is 16.9. The SMILES string of the molecule is CCCCCCCCCCCCCCC(O)CNC(C)N1CCN=C(C)CC1=O. The standard InChI is InChI=1S/C24H47N3O2/c1-4-5-6-7-8-9-10-11-12-13-14-15-16-23(28)20-26-22(3)27-18-17-25-21(2)19-24(27)29/h22-23,26,28H,4-20H2,1-3H3. The third-order valence-electron chi connectivity index (χ3n) is 5.96. The lowest BCUT2D eigenvalue weighted by molar-refractivity contribution is -0.132. The van der Waals surface area contributed by atoms with Crippen LogP contribution < -0.4 is 5.32 Å². The van der Waals surface area contributed by atoms with Gasteiger partial charge in [-0.25, -0.2) is 0 Å². The van der Waals surface area contributed by atoms with Gasteiger partial charge in [-0.15, -0.1) is 0 Å². The van der Waals surface area contributed by atoms with Crippen LogP contribution in [0.3, 0.4) is 0 Å². The zero-order valence-electron chi connectivity index (χ0n) is 19.4. The molecule has 0 bridgehead atoms. The smallest absolute Gasteiger partial charge is 0.229 e. The molecule has 1 heterocycles. The summed E-state index contributed by atoms with van der Waals surface area (Å²) in [5.74, 6) is 0.124. The average Bonchev–Trinajstić information content (AvgIpc) is 2.86. The first-order chi connectivity index (χ1) is 14.0. The molecule has 0 spiro atoms. The van der Waals surface area contributed by atoms with E-state index in [1.54, 1.807) is 0 Å². The monoisotopic (exact) mass is 409 g/mol. The molecule has 170 valence electrons. The van der Waals surface area contributed by atoms with Crippen LogP contribution in [0.4, 0.5) is 0 Å². The second-order valence-corrected chi connectivity index (χ2v) is 8.80. The Morgan fingerprint density at radius 3 is 2.14 bits per heavy atom. The minimum Gasteiger partial charge on any atom is -0.392 e. The molecule has 2 N–H and O–H groups in total. The van der Waals surface area contributed by atoms with E-state index in [-0.39, 0.29) is 18.2 Å². The van der Waals surface area contributed by atoms with E-state index in [1.165, 1.54) is 70.6 Å². The van der Waals surface area contributed by atoms with Crippen molar-refractivity contribution in [2.45, 2.75) is 123 Å². The van der Waals surface area contributed by atoms with E-state index in [2.05, 4.69) is 17.2 Å². The van der Waals surface area contributed by atoms with Crippen molar-refractivity contribution in [1.82, 2.24) is 10.2 Å². The summed E-state index contributed by atoms with van der Waals surface area (Å²) in [5, 5.41) is 13.6. The normalized spacial score (nSPS) is 17.2. The predicted molar refractivity (Wildman–Crippen MR) is 123 cm³/mol. The second kappa shape index (κ2) is 16.8. The van der Waals surface area contributed by atoms with Gasteiger partial charge >= 0.3 is 0 Å². The van der Waals surface area contributed by atoms with Crippen molar-refractivity contribution in [2.75, 3.05) is 19.6 Å². The molecule has 0 saturated heterocycles. The topological polar surface area (TPSA) is 64.9 Å². The van der Waals surface area contributed by atoms with Gasteiger partial charge in [0, 0.05) is 18.8 Å². The summed E-state index contributed by atoms with van der Waals surface area (Å²) in [4.78, 5) is 18.5. The molecular weight excluding hydrogens is 362 g/mol. The molecule has 0 fully saturated rings. The summed E-state index contributed by atoms with van der Waals surface area (Å²) in [5.41, 5.74) is 0.914. The summed E-state index contributed by atoms with van der Waals surface area (Å²) in [6, 6.07) is 0. The number of carbonyl (C=O) groups excluding carboxylic acids is 1. The highest BCUT2D eigenvalue weighted by Gasteiger charge is 2.22. The third-order valence-corrected chi connectivity index (χ3v) is 5.96. The fourth-order valence-corrected chi connectivity index (χ4v) is 4.00. The van der Waals surface area contributed by atoms with Gasteiger partial charge < -0.3 is 10.0 Å². The zero-order valence-corrected chi connectivity index (χ0v) is 19.4. The molecule has 0 aliphatic carbocycles. The number of hydrogen-bond donors (Lipinski definition) is 2. The van der Waals surface area contributed by atoms with Gasteiger partial charge in [-0.05, 0) is 20.3 Å². The van der Waals surface area contributed by atoms with Gasteiger partial charge in [0.15, 0.2) is 0 Å². The van der Waals surface area contributed by atoms with Gasteiger partial charge in [-0.2, -0.15) is 0 Å². The molecule has 5 heteroatoms. The van der Waals surface area contributed by atoms with Crippen LogP contribution in [0.2, 0.25) is 0 Å². The van der Waals surface area contributed by atoms with E-state index in [4.69, 9.17) is 0 Å². The minimum atomic E-state index is -0.333. The number of hydrogen-bond acceptors (Lipinski definition) is 4. The quantitative estimate of drug-likeness (QED) is 0.330. The average molecular weight is 410 g/mol. The van der Waals surface area contributed by atoms with Gasteiger partial charge in [-0.1, -0.05) is 84.0 Å². The second-order valence-electron chi connectivity index (χ2n) is 8.80. The highest BCUT2D eigenvalue weighted by molar-refractivity contribution is 6.00. The molecule has 0 aromatic rings. The molecule has 29 heavy (non-hydrogen) atoms. The van der Waals surface area contributed by atoms with E-state index in [1.807, 2.05) is 18.7 Å². The number of unbranched alkanes of at least 4 members (excludes halogenated alkanes) is 11. The van der Waals surface area contributed by atoms with Gasteiger partial charge in [-0.3, -0.25) is 15.1 Å². The van der Waals surface area contributed by atoms with E-state index < -0.39 is 0 Å². The van der Waals surface area contributed by atoms with Crippen molar-refractivity contribution in [1.29, 1.82) is 0 Å². The maximum atomic E-state index is 12.3. The Bertz CT molecular complexity index is 453. The molecule has 1 rings (SSSR count). The molecule has 2 atom stereocenters. The first-order valence-electron chi connectivity index (χ1n) is 12.3. The maximum Gasteiger partial charge on any atom is 0.229 e. The molecule has 1 amide bonds. The molecule has 0 aromatic heterocycles. The van der Waals surface area contributed by atoms with Crippen molar-refractivity contribution < 1.29 is 9.90 Å². The Morgan fingerprint density at radius 2 is 1.55 bits per heavy atom. The molecule has 2 unspecified atom stereocenters. The predicted octanol–water partition coefficient (Wildman–Crippen LogP) is 5.07. The van der Waals surface area contributed by atoms with E-state index in [0.29, 0.717) is 26.1 Å². The lowest BCUT2D eigenvalue weighted by Crippen LogP contribution is -2.49. The molecule has 0 saturated carbocycles. The van der Waals surface area contributed by atoms with Crippen LogP contribution in [0.5, 0.6) is 0 Å². The Labute approximate surface area is 179 Å². The number of aliphatic hydroxyl groups is 1. The van der Waals surface area contributed by atoms with Gasteiger partial charge in [0.2, 0.25) is 5.91 Å². The van der Waals surface area contributed by atoms with Crippen molar-refractivity contribution in [2.24, 2.45) is 4.99 Å². The van der Waals surface area contributed by atoms with Crippen LogP contribution in [0.25, 0.3) is 0 Å². The number of rotatable bonds is 17. The molecule has 0 aromatic carbocycles. The Balaban J connectivity index is 1.96. The minimum absolute atomic E-state index is 0.0553. The first kappa shape index (κ1) is 26.1. The molecule has 0 radical (unpaired) electrons. The van der Waals surface area contributed by atoms with Gasteiger partial charge in [0.25, 0.3) is 0 Å². The number of nitrogens with one attached hydrogen (secondary N) is 1. The summed E-state index contributed by atoms with van der Waals surface area (Å²) in [7, 11) is 0. The van der Waals surface area contributed by atoms with E-state index >= 15 is 0 Å². The van der Waals surface area contributed by atoms with Crippen molar-refractivity contribution in [3.05, 3.63) is 0 Å². The maximum absolute atomic E-state index is 12.3. The number of aliphatic imine (C=N–C) groups is 1. The van der Waals surface area contributed by atoms with E-state index in [0.717, 1.165) is 18.6 Å². The number of carbonyl (C=O) groups is 1. The first-order valence-corrected chi connectivity index (χ1v) is 12.3. The van der Waals surface area contributed by atoms with Crippen LogP contribution in [0.15, 0.2) is 4.99 Å². The zero-order chi connectivity index (χ0) is 21.3. The van der Waals surface area contributed by atoms with Crippen molar-refractivity contribution >= 4 is 11.6 Å². The summed E-state index contributed by atoms with van der Waals surface area (Å²) < 4.78 is 0. The van der Waals surface area contributed by atoms with E-state index in [9.17, 15) is 9.90 Å². The highest BCUT2D eigenvalue weighted by atomic mass is 16.3. The number of aliphatic hydroxyl groups excluding tert-OH is 1. The molecule has 1 aliphatic rings. The lowest BCUT2D eigenvalue weighted by atomic mass is 10.0. The lowest BCUT2D eigenvalue weighted by Gasteiger charge is -2.29. The third kappa shape index (κ3) is 13.1. The van der Waals surface area contributed by atoms with Crippen LogP contribution in [0.1, 0.15) is 111 Å². The summed E-state index contributed by atoms with van der Waals surface area (Å²) in [6.45, 7) is 8.05. The highest BCUT2D eigenvalue weighted by Crippen LogP contribution is 2.13. The van der Waals surface area contributed by atoms with Crippen LogP contribution in [-0.2, 0) is 4.79 Å². The van der Waals surface area contributed by atoms with Crippen LogP contribution in [0, 0.1) is 0 Å². The fraction of sp³-hybridized carbons (Fsp3) is 0.917. The number of amides is 1. The van der Waals surface area contributed by atoms with Gasteiger partial charge in [0.05, 0.1) is 25.2 Å². The Hall–Kier alpha value is -0.940. The molecule has 5 nitrogen and oxygen atoms in total. The Morgan fingerprint density at radius 1 is 1.00 bits per heavy atom. The number of nitrogens with zero attached hydrogens (tertiary/aromatic N) is 2. The molecule has 1 aliphatic heterocycles. The summed E-state index contributed by atoms with van der Waals surface area (Å²) >= 11 is 0. The van der Waals surface area contributed by atoms with Crippen molar-refractivity contribution in [3.8, 4) is 0 Å². The van der Waals surface area contributed by atoms with Crippen molar-refractivity contribution in [3.63, 3.8) is 0 Å². The van der Waals surface area contributed by atoms with Crippen LogP contribution >= 0.6 is 0 Å². The largest absolute Gasteiger partial charge is 0.392 e.